The molecule has 0 saturated heterocycles. The first-order chi connectivity index (χ1) is 8.24. The third kappa shape index (κ3) is 2.52. The maximum absolute atomic E-state index is 13.1. The van der Waals surface area contributed by atoms with Crippen molar-refractivity contribution < 1.29 is 16.2 Å². The van der Waals surface area contributed by atoms with Crippen LogP contribution in [-0.2, 0) is 8.67 Å². The van der Waals surface area contributed by atoms with Crippen LogP contribution in [0.2, 0.25) is 0 Å². The molecule has 0 radical (unpaired) electrons. The average molecular weight is 372 g/mol. The molecule has 1 heterocycles. The van der Waals surface area contributed by atoms with Crippen LogP contribution in [0.5, 0.6) is 0 Å². The van der Waals surface area contributed by atoms with Gasteiger partial charge < -0.3 is 0 Å². The molecule has 0 aliphatic carbocycles. The molecule has 1 aliphatic heterocycles. The molecular formula is C13H16F3IO. The summed E-state index contributed by atoms with van der Waals surface area (Å²) >= 11 is -3.55. The average Bonchev–Trinajstić information content (AvgIpc) is 2.52. The molecule has 1 unspecified atom stereocenters. The fourth-order valence-corrected chi connectivity index (χ4v) is 6.72. The van der Waals surface area contributed by atoms with Gasteiger partial charge in [0.15, 0.2) is 0 Å². The molecule has 102 valence electrons. The molecule has 0 amide bonds. The van der Waals surface area contributed by atoms with E-state index in [0.29, 0.717) is 15.9 Å². The zero-order valence-corrected chi connectivity index (χ0v) is 12.7. The van der Waals surface area contributed by atoms with Crippen molar-refractivity contribution in [1.29, 1.82) is 0 Å². The van der Waals surface area contributed by atoms with Gasteiger partial charge in [0.1, 0.15) is 0 Å². The van der Waals surface area contributed by atoms with E-state index in [4.69, 9.17) is 3.07 Å². The molecule has 5 heteroatoms. The molecule has 0 N–H and O–H groups in total. The van der Waals surface area contributed by atoms with E-state index in [1.165, 1.54) is 0 Å². The second kappa shape index (κ2) is 4.67. The fraction of sp³-hybridized carbons (Fsp3) is 0.538. The van der Waals surface area contributed by atoms with Crippen molar-refractivity contribution >= 4 is 20.2 Å². The number of fused-ring (bicyclic) bond motifs is 1. The Bertz CT molecular complexity index is 444. The normalized spacial score (nSPS) is 25.6. The summed E-state index contributed by atoms with van der Waals surface area (Å²) in [6, 6.07) is 6.82. The van der Waals surface area contributed by atoms with Crippen molar-refractivity contribution in [1.82, 2.24) is 0 Å². The summed E-state index contributed by atoms with van der Waals surface area (Å²) in [5.74, 6) is 0.298. The zero-order chi connectivity index (χ0) is 13.6. The second-order valence-electron chi connectivity index (χ2n) is 5.06. The number of benzene rings is 1. The van der Waals surface area contributed by atoms with Gasteiger partial charge in [-0.1, -0.05) is 0 Å². The van der Waals surface area contributed by atoms with E-state index in [9.17, 15) is 13.2 Å². The van der Waals surface area contributed by atoms with Gasteiger partial charge in [-0.05, 0) is 0 Å². The molecule has 18 heavy (non-hydrogen) atoms. The van der Waals surface area contributed by atoms with Gasteiger partial charge in [0.05, 0.1) is 0 Å². The molecular weight excluding hydrogens is 356 g/mol. The molecule has 0 bridgehead atoms. The van der Waals surface area contributed by atoms with E-state index in [-0.39, 0.29) is 0 Å². The molecule has 0 spiro atoms. The van der Waals surface area contributed by atoms with Gasteiger partial charge in [0.25, 0.3) is 0 Å². The Labute approximate surface area is 113 Å². The number of rotatable bonds is 2. The zero-order valence-electron chi connectivity index (χ0n) is 10.5. The first-order valence-electron chi connectivity index (χ1n) is 5.80. The Morgan fingerprint density at radius 3 is 2.44 bits per heavy atom. The summed E-state index contributed by atoms with van der Waals surface area (Å²) in [6.45, 7) is 5.79. The Morgan fingerprint density at radius 1 is 1.28 bits per heavy atom. The van der Waals surface area contributed by atoms with Crippen LogP contribution in [0.25, 0.3) is 0 Å². The van der Waals surface area contributed by atoms with E-state index in [1.54, 1.807) is 31.2 Å². The molecule has 2 rings (SSSR count). The van der Waals surface area contributed by atoms with Crippen LogP contribution in [0.3, 0.4) is 0 Å². The van der Waals surface area contributed by atoms with Gasteiger partial charge in [-0.15, -0.1) is 0 Å². The molecule has 1 aromatic rings. The summed E-state index contributed by atoms with van der Waals surface area (Å²) in [6.07, 6.45) is 0.619. The number of hydrogen-bond donors (Lipinski definition) is 0. The minimum absolute atomic E-state index is 0.298. The van der Waals surface area contributed by atoms with Crippen LogP contribution in [0.1, 0.15) is 32.8 Å². The van der Waals surface area contributed by atoms with Crippen LogP contribution in [-0.4, -0.2) is 4.18 Å². The van der Waals surface area contributed by atoms with Crippen LogP contribution in [0.15, 0.2) is 24.3 Å². The standard InChI is InChI=1S/C13H16F3IO/c1-9(2)8-12(3)10-6-4-5-7-11(10)17(18-12)13(14,15)16/h4-7,9H,8H2,1-3H3. The topological polar surface area (TPSA) is 9.23 Å². The first kappa shape index (κ1) is 14.1. The third-order valence-corrected chi connectivity index (χ3v) is 7.39. The van der Waals surface area contributed by atoms with Crippen LogP contribution in [0.4, 0.5) is 13.2 Å². The Hall–Kier alpha value is -0.300. The summed E-state index contributed by atoms with van der Waals surface area (Å²) in [5, 5.41) is 0. The van der Waals surface area contributed by atoms with Crippen molar-refractivity contribution in [3.63, 3.8) is 0 Å². The molecule has 1 aromatic carbocycles. The summed E-state index contributed by atoms with van der Waals surface area (Å²) < 4.78 is 40.9. The van der Waals surface area contributed by atoms with E-state index < -0.39 is 30.0 Å². The molecule has 0 fully saturated rings. The Balaban J connectivity index is 2.45. The van der Waals surface area contributed by atoms with Crippen molar-refractivity contribution in [2.24, 2.45) is 5.92 Å². The molecule has 1 atom stereocenters. The number of hydrogen-bond acceptors (Lipinski definition) is 1. The quantitative estimate of drug-likeness (QED) is 0.519. The second-order valence-corrected chi connectivity index (χ2v) is 9.31. The SMILES string of the molecule is CC(C)CC1(C)OI(C(F)(F)F)c2ccccc21. The fourth-order valence-electron chi connectivity index (χ4n) is 2.37. The monoisotopic (exact) mass is 372 g/mol. The predicted molar refractivity (Wildman–Crippen MR) is 73.1 cm³/mol. The van der Waals surface area contributed by atoms with E-state index in [2.05, 4.69) is 0 Å². The van der Waals surface area contributed by atoms with Crippen LogP contribution in [0, 0.1) is 9.49 Å². The van der Waals surface area contributed by atoms with Crippen LogP contribution < -0.4 is 0 Å². The number of halogens is 4. The molecule has 1 aliphatic rings. The van der Waals surface area contributed by atoms with Crippen molar-refractivity contribution in [2.75, 3.05) is 0 Å². The first-order valence-corrected chi connectivity index (χ1v) is 8.84. The van der Waals surface area contributed by atoms with Crippen molar-refractivity contribution in [2.45, 2.75) is 37.0 Å². The van der Waals surface area contributed by atoms with Gasteiger partial charge >= 0.3 is 113 Å². The van der Waals surface area contributed by atoms with Crippen molar-refractivity contribution in [3.8, 4) is 0 Å². The Morgan fingerprint density at radius 2 is 1.89 bits per heavy atom. The van der Waals surface area contributed by atoms with E-state index in [0.717, 1.165) is 5.56 Å². The maximum atomic E-state index is 13.1. The van der Waals surface area contributed by atoms with Gasteiger partial charge in [-0.25, -0.2) is 0 Å². The summed E-state index contributed by atoms with van der Waals surface area (Å²) in [7, 11) is 0. The van der Waals surface area contributed by atoms with Gasteiger partial charge in [-0.2, -0.15) is 0 Å². The number of alkyl halides is 4. The summed E-state index contributed by atoms with van der Waals surface area (Å²) in [4.78, 5) is 0. The minimum atomic E-state index is -4.20. The van der Waals surface area contributed by atoms with Gasteiger partial charge in [-0.3, -0.25) is 0 Å². The van der Waals surface area contributed by atoms with Gasteiger partial charge in [0.2, 0.25) is 0 Å². The van der Waals surface area contributed by atoms with Crippen molar-refractivity contribution in [3.05, 3.63) is 33.4 Å². The van der Waals surface area contributed by atoms with E-state index >= 15 is 0 Å². The molecule has 0 saturated carbocycles. The Kier molecular flexibility index (Phi) is 3.66. The molecule has 1 nitrogen and oxygen atoms in total. The predicted octanol–water partition coefficient (Wildman–Crippen LogP) is 5.09. The van der Waals surface area contributed by atoms with E-state index in [1.807, 2.05) is 13.8 Å². The third-order valence-electron chi connectivity index (χ3n) is 2.87. The van der Waals surface area contributed by atoms with Crippen LogP contribution >= 0.6 is 20.2 Å². The molecule has 0 aromatic heterocycles. The summed E-state index contributed by atoms with van der Waals surface area (Å²) in [5.41, 5.74) is -0.0354. The van der Waals surface area contributed by atoms with Gasteiger partial charge in [0, 0.05) is 0 Å².